The number of carbonyl (C=O) groups is 2. The Hall–Kier alpha value is -2.75. The Kier molecular flexibility index (Phi) is 2.68. The largest absolute Gasteiger partial charge is 0.461 e. The molecule has 2 aromatic heterocycles. The van der Waals surface area contributed by atoms with Gasteiger partial charge in [-0.25, -0.2) is 4.98 Å². The molecule has 0 spiro atoms. The number of para-hydroxylation sites is 1. The summed E-state index contributed by atoms with van der Waals surface area (Å²) in [4.78, 5) is 27.5. The Morgan fingerprint density at radius 2 is 2.00 bits per heavy atom. The SMILES string of the molecule is O=Cc1nc2ccccc2cc1C(=O)c1ccco1. The van der Waals surface area contributed by atoms with Crippen LogP contribution in [0.2, 0.25) is 0 Å². The third-order valence-electron chi connectivity index (χ3n) is 2.85. The highest BCUT2D eigenvalue weighted by atomic mass is 16.3. The molecule has 0 saturated carbocycles. The van der Waals surface area contributed by atoms with Crippen molar-refractivity contribution in [1.82, 2.24) is 4.98 Å². The van der Waals surface area contributed by atoms with Crippen molar-refractivity contribution in [3.63, 3.8) is 0 Å². The summed E-state index contributed by atoms with van der Waals surface area (Å²) in [5.74, 6) is -0.148. The predicted octanol–water partition coefficient (Wildman–Crippen LogP) is 2.87. The summed E-state index contributed by atoms with van der Waals surface area (Å²) in [6.45, 7) is 0. The van der Waals surface area contributed by atoms with E-state index in [0.717, 1.165) is 5.39 Å². The molecule has 0 aliphatic carbocycles. The van der Waals surface area contributed by atoms with Gasteiger partial charge in [-0.1, -0.05) is 18.2 Å². The van der Waals surface area contributed by atoms with Crippen molar-refractivity contribution in [2.45, 2.75) is 0 Å². The molecule has 4 heteroatoms. The molecule has 0 amide bonds. The first-order valence-electron chi connectivity index (χ1n) is 5.73. The lowest BCUT2D eigenvalue weighted by molar-refractivity contribution is 0.100. The second kappa shape index (κ2) is 4.49. The quantitative estimate of drug-likeness (QED) is 0.530. The molecular weight excluding hydrogens is 242 g/mol. The van der Waals surface area contributed by atoms with Gasteiger partial charge >= 0.3 is 0 Å². The molecule has 0 radical (unpaired) electrons. The molecule has 92 valence electrons. The van der Waals surface area contributed by atoms with Crippen LogP contribution in [-0.2, 0) is 0 Å². The molecule has 4 nitrogen and oxygen atoms in total. The van der Waals surface area contributed by atoms with Gasteiger partial charge in [0.05, 0.1) is 17.3 Å². The number of aromatic nitrogens is 1. The van der Waals surface area contributed by atoms with Crippen molar-refractivity contribution in [3.8, 4) is 0 Å². The molecule has 3 aromatic rings. The first-order chi connectivity index (χ1) is 9.29. The lowest BCUT2D eigenvalue weighted by Gasteiger charge is -2.04. The number of carbonyl (C=O) groups excluding carboxylic acids is 2. The molecular formula is C15H9NO3. The molecule has 0 atom stereocenters. The van der Waals surface area contributed by atoms with Gasteiger partial charge in [0.1, 0.15) is 5.69 Å². The van der Waals surface area contributed by atoms with Crippen LogP contribution in [0.5, 0.6) is 0 Å². The third-order valence-corrected chi connectivity index (χ3v) is 2.85. The van der Waals surface area contributed by atoms with E-state index in [1.165, 1.54) is 6.26 Å². The molecule has 0 unspecified atom stereocenters. The number of hydrogen-bond donors (Lipinski definition) is 0. The molecule has 0 aliphatic rings. The lowest BCUT2D eigenvalue weighted by Crippen LogP contribution is -2.06. The zero-order valence-corrected chi connectivity index (χ0v) is 9.87. The summed E-state index contributed by atoms with van der Waals surface area (Å²) in [6.07, 6.45) is 2.00. The van der Waals surface area contributed by atoms with Crippen LogP contribution in [0.4, 0.5) is 0 Å². The molecule has 19 heavy (non-hydrogen) atoms. The number of benzene rings is 1. The number of nitrogens with zero attached hydrogens (tertiary/aromatic N) is 1. The second-order valence-corrected chi connectivity index (χ2v) is 4.04. The number of ketones is 1. The highest BCUT2D eigenvalue weighted by Crippen LogP contribution is 2.19. The van der Waals surface area contributed by atoms with Crippen molar-refractivity contribution < 1.29 is 14.0 Å². The number of rotatable bonds is 3. The average Bonchev–Trinajstić information content (AvgIpc) is 2.99. The molecule has 0 aliphatic heterocycles. The Balaban J connectivity index is 2.22. The summed E-state index contributed by atoms with van der Waals surface area (Å²) >= 11 is 0. The zero-order valence-electron chi connectivity index (χ0n) is 9.87. The van der Waals surface area contributed by atoms with E-state index in [4.69, 9.17) is 4.42 Å². The second-order valence-electron chi connectivity index (χ2n) is 4.04. The number of aldehydes is 1. The summed E-state index contributed by atoms with van der Waals surface area (Å²) in [5.41, 5.74) is 1.06. The van der Waals surface area contributed by atoms with E-state index >= 15 is 0 Å². The number of pyridine rings is 1. The molecule has 1 aromatic carbocycles. The van der Waals surface area contributed by atoms with Crippen LogP contribution < -0.4 is 0 Å². The summed E-state index contributed by atoms with van der Waals surface area (Å²) < 4.78 is 5.07. The highest BCUT2D eigenvalue weighted by Gasteiger charge is 2.17. The molecule has 0 N–H and O–H groups in total. The molecule has 0 bridgehead atoms. The van der Waals surface area contributed by atoms with E-state index in [2.05, 4.69) is 4.98 Å². The monoisotopic (exact) mass is 251 g/mol. The normalized spacial score (nSPS) is 10.5. The van der Waals surface area contributed by atoms with Gasteiger partial charge in [0.2, 0.25) is 5.78 Å². The minimum absolute atomic E-state index is 0.125. The van der Waals surface area contributed by atoms with Crippen LogP contribution >= 0.6 is 0 Å². The zero-order chi connectivity index (χ0) is 13.2. The van der Waals surface area contributed by atoms with Gasteiger partial charge in [0.15, 0.2) is 12.0 Å². The number of hydrogen-bond acceptors (Lipinski definition) is 4. The first-order valence-corrected chi connectivity index (χ1v) is 5.73. The van der Waals surface area contributed by atoms with Gasteiger partial charge in [-0.3, -0.25) is 9.59 Å². The van der Waals surface area contributed by atoms with Crippen LogP contribution in [0.3, 0.4) is 0 Å². The van der Waals surface area contributed by atoms with E-state index in [1.54, 1.807) is 24.3 Å². The van der Waals surface area contributed by atoms with Crippen molar-refractivity contribution in [2.75, 3.05) is 0 Å². The molecule has 3 rings (SSSR count). The predicted molar refractivity (Wildman–Crippen MR) is 69.3 cm³/mol. The van der Waals surface area contributed by atoms with Crippen LogP contribution in [0.25, 0.3) is 10.9 Å². The Bertz CT molecular complexity index is 760. The average molecular weight is 251 g/mol. The minimum atomic E-state index is -0.342. The van der Waals surface area contributed by atoms with Crippen LogP contribution in [-0.4, -0.2) is 17.1 Å². The number of furan rings is 1. The van der Waals surface area contributed by atoms with E-state index in [9.17, 15) is 9.59 Å². The van der Waals surface area contributed by atoms with Gasteiger partial charge in [-0.15, -0.1) is 0 Å². The topological polar surface area (TPSA) is 60.2 Å². The molecule has 0 saturated heterocycles. The van der Waals surface area contributed by atoms with E-state index in [-0.39, 0.29) is 22.8 Å². The van der Waals surface area contributed by atoms with Gasteiger partial charge in [-0.2, -0.15) is 0 Å². The standard InChI is InChI=1S/C15H9NO3/c17-9-13-11(15(18)14-6-3-7-19-14)8-10-4-1-2-5-12(10)16-13/h1-9H. The van der Waals surface area contributed by atoms with Crippen molar-refractivity contribution in [3.05, 3.63) is 65.7 Å². The fourth-order valence-corrected chi connectivity index (χ4v) is 1.94. The maximum Gasteiger partial charge on any atom is 0.230 e. The highest BCUT2D eigenvalue weighted by molar-refractivity contribution is 6.12. The van der Waals surface area contributed by atoms with Gasteiger partial charge in [0.25, 0.3) is 0 Å². The van der Waals surface area contributed by atoms with E-state index < -0.39 is 0 Å². The van der Waals surface area contributed by atoms with E-state index in [0.29, 0.717) is 11.8 Å². The lowest BCUT2D eigenvalue weighted by atomic mass is 10.0. The van der Waals surface area contributed by atoms with Gasteiger partial charge < -0.3 is 4.42 Å². The van der Waals surface area contributed by atoms with Crippen LogP contribution in [0.1, 0.15) is 26.6 Å². The Morgan fingerprint density at radius 3 is 2.74 bits per heavy atom. The van der Waals surface area contributed by atoms with Crippen molar-refractivity contribution in [1.29, 1.82) is 0 Å². The van der Waals surface area contributed by atoms with E-state index in [1.807, 2.05) is 18.2 Å². The van der Waals surface area contributed by atoms with Crippen molar-refractivity contribution >= 4 is 23.0 Å². The smallest absolute Gasteiger partial charge is 0.230 e. The Labute approximate surface area is 108 Å². The summed E-state index contributed by atoms with van der Waals surface area (Å²) in [6, 6.07) is 12.2. The maximum atomic E-state index is 12.2. The minimum Gasteiger partial charge on any atom is -0.461 e. The Morgan fingerprint density at radius 1 is 1.16 bits per heavy atom. The van der Waals surface area contributed by atoms with Gasteiger partial charge in [0, 0.05) is 5.39 Å². The van der Waals surface area contributed by atoms with Crippen LogP contribution in [0, 0.1) is 0 Å². The van der Waals surface area contributed by atoms with Gasteiger partial charge in [-0.05, 0) is 24.3 Å². The summed E-state index contributed by atoms with van der Waals surface area (Å²) in [7, 11) is 0. The third kappa shape index (κ3) is 1.93. The molecule has 2 heterocycles. The summed E-state index contributed by atoms with van der Waals surface area (Å²) in [5, 5.41) is 0.808. The first kappa shape index (κ1) is 11.3. The maximum absolute atomic E-state index is 12.2. The number of fused-ring (bicyclic) bond motifs is 1. The van der Waals surface area contributed by atoms with Crippen molar-refractivity contribution in [2.24, 2.45) is 0 Å². The fraction of sp³-hybridized carbons (Fsp3) is 0. The fourth-order valence-electron chi connectivity index (χ4n) is 1.94. The van der Waals surface area contributed by atoms with Crippen LogP contribution in [0.15, 0.2) is 53.1 Å². The molecule has 0 fully saturated rings.